The highest BCUT2D eigenvalue weighted by Crippen LogP contribution is 2.42. The molecule has 1 aromatic rings. The van der Waals surface area contributed by atoms with Gasteiger partial charge >= 0.3 is 0 Å². The molecular weight excluding hydrogens is 236 g/mol. The van der Waals surface area contributed by atoms with Gasteiger partial charge in [-0.3, -0.25) is 4.79 Å². The third-order valence-corrected chi connectivity index (χ3v) is 4.39. The summed E-state index contributed by atoms with van der Waals surface area (Å²) in [5.41, 5.74) is 2.39. The Labute approximate surface area is 115 Å². The average molecular weight is 258 g/mol. The van der Waals surface area contributed by atoms with Crippen molar-refractivity contribution >= 4 is 11.6 Å². The van der Waals surface area contributed by atoms with Crippen molar-refractivity contribution in [2.75, 3.05) is 18.0 Å². The van der Waals surface area contributed by atoms with Gasteiger partial charge < -0.3 is 10.2 Å². The summed E-state index contributed by atoms with van der Waals surface area (Å²) < 4.78 is 0. The SMILES string of the molecule is CCNC1CCN(C(=O)C2CC2C)c2ccccc21. The summed E-state index contributed by atoms with van der Waals surface area (Å²) >= 11 is 0. The molecular formula is C16H22N2O. The minimum Gasteiger partial charge on any atom is -0.312 e. The number of amides is 1. The maximum atomic E-state index is 12.5. The Bertz CT molecular complexity index is 485. The number of hydrogen-bond donors (Lipinski definition) is 1. The molecule has 3 heteroatoms. The first-order chi connectivity index (χ1) is 9.22. The number of carbonyl (C=O) groups is 1. The standard InChI is InChI=1S/C16H22N2O/c1-3-17-14-8-9-18(16(19)13-10-11(13)2)15-7-5-4-6-12(14)15/h4-7,11,13-14,17H,3,8-10H2,1-2H3. The molecule has 3 atom stereocenters. The Balaban J connectivity index is 1.88. The number of fused-ring (bicyclic) bond motifs is 1. The molecule has 0 radical (unpaired) electrons. The average Bonchev–Trinajstić information content (AvgIpc) is 3.16. The topological polar surface area (TPSA) is 32.3 Å². The highest BCUT2D eigenvalue weighted by Gasteiger charge is 2.43. The second-order valence-electron chi connectivity index (χ2n) is 5.77. The van der Waals surface area contributed by atoms with Crippen LogP contribution in [-0.2, 0) is 4.79 Å². The van der Waals surface area contributed by atoms with E-state index in [1.165, 1.54) is 5.56 Å². The molecule has 1 amide bonds. The van der Waals surface area contributed by atoms with Crippen LogP contribution in [0.4, 0.5) is 5.69 Å². The molecule has 2 aliphatic rings. The maximum absolute atomic E-state index is 12.5. The first-order valence-electron chi connectivity index (χ1n) is 7.36. The van der Waals surface area contributed by atoms with Gasteiger partial charge in [0.05, 0.1) is 0 Å². The van der Waals surface area contributed by atoms with Crippen LogP contribution < -0.4 is 10.2 Å². The van der Waals surface area contributed by atoms with Gasteiger partial charge in [-0.2, -0.15) is 0 Å². The molecule has 1 aromatic carbocycles. The largest absolute Gasteiger partial charge is 0.312 e. The molecule has 1 aliphatic carbocycles. The molecule has 0 aromatic heterocycles. The molecule has 3 unspecified atom stereocenters. The van der Waals surface area contributed by atoms with Crippen LogP contribution >= 0.6 is 0 Å². The third kappa shape index (κ3) is 2.27. The zero-order chi connectivity index (χ0) is 13.4. The van der Waals surface area contributed by atoms with E-state index in [1.54, 1.807) is 0 Å². The van der Waals surface area contributed by atoms with Gasteiger partial charge in [0, 0.05) is 24.2 Å². The molecule has 0 bridgehead atoms. The Morgan fingerprint density at radius 2 is 2.16 bits per heavy atom. The van der Waals surface area contributed by atoms with E-state index in [9.17, 15) is 4.79 Å². The summed E-state index contributed by atoms with van der Waals surface area (Å²) in [7, 11) is 0. The first kappa shape index (κ1) is 12.7. The number of nitrogens with zero attached hydrogens (tertiary/aromatic N) is 1. The van der Waals surface area contributed by atoms with Crippen LogP contribution in [0, 0.1) is 11.8 Å². The lowest BCUT2D eigenvalue weighted by Crippen LogP contribution is -2.40. The van der Waals surface area contributed by atoms with Crippen LogP contribution in [0.3, 0.4) is 0 Å². The van der Waals surface area contributed by atoms with Crippen molar-refractivity contribution in [3.8, 4) is 0 Å². The number of para-hydroxylation sites is 1. The Kier molecular flexibility index (Phi) is 3.31. The highest BCUT2D eigenvalue weighted by molar-refractivity contribution is 5.97. The van der Waals surface area contributed by atoms with E-state index < -0.39 is 0 Å². The normalized spacial score (nSPS) is 28.9. The fourth-order valence-electron chi connectivity index (χ4n) is 3.12. The number of carbonyl (C=O) groups excluding carboxylic acids is 1. The van der Waals surface area contributed by atoms with Crippen molar-refractivity contribution in [2.24, 2.45) is 11.8 Å². The lowest BCUT2D eigenvalue weighted by Gasteiger charge is -2.35. The van der Waals surface area contributed by atoms with Crippen LogP contribution in [0.5, 0.6) is 0 Å². The van der Waals surface area contributed by atoms with Gasteiger partial charge in [-0.15, -0.1) is 0 Å². The minimum atomic E-state index is 0.267. The van der Waals surface area contributed by atoms with Gasteiger partial charge in [0.1, 0.15) is 0 Å². The van der Waals surface area contributed by atoms with Crippen molar-refractivity contribution in [1.29, 1.82) is 0 Å². The van der Waals surface area contributed by atoms with E-state index >= 15 is 0 Å². The molecule has 102 valence electrons. The molecule has 0 saturated heterocycles. The lowest BCUT2D eigenvalue weighted by atomic mass is 9.96. The summed E-state index contributed by atoms with van der Waals surface area (Å²) in [5.74, 6) is 1.17. The maximum Gasteiger partial charge on any atom is 0.230 e. The summed E-state index contributed by atoms with van der Waals surface area (Å²) in [4.78, 5) is 14.5. The zero-order valence-electron chi connectivity index (χ0n) is 11.7. The molecule has 1 saturated carbocycles. The van der Waals surface area contributed by atoms with Crippen LogP contribution in [0.1, 0.15) is 38.3 Å². The van der Waals surface area contributed by atoms with Crippen molar-refractivity contribution in [3.05, 3.63) is 29.8 Å². The zero-order valence-corrected chi connectivity index (χ0v) is 11.7. The molecule has 0 spiro atoms. The van der Waals surface area contributed by atoms with Crippen molar-refractivity contribution < 1.29 is 4.79 Å². The van der Waals surface area contributed by atoms with Gasteiger partial charge in [0.25, 0.3) is 0 Å². The number of rotatable bonds is 3. The van der Waals surface area contributed by atoms with E-state index in [4.69, 9.17) is 0 Å². The minimum absolute atomic E-state index is 0.267. The van der Waals surface area contributed by atoms with Crippen LogP contribution in [0.2, 0.25) is 0 Å². The van der Waals surface area contributed by atoms with Crippen LogP contribution in [0.15, 0.2) is 24.3 Å². The number of nitrogens with one attached hydrogen (secondary N) is 1. The summed E-state index contributed by atoms with van der Waals surface area (Å²) in [5, 5.41) is 3.52. The molecule has 3 rings (SSSR count). The Hall–Kier alpha value is -1.35. The fourth-order valence-corrected chi connectivity index (χ4v) is 3.12. The molecule has 1 N–H and O–H groups in total. The van der Waals surface area contributed by atoms with E-state index in [2.05, 4.69) is 37.4 Å². The Morgan fingerprint density at radius 1 is 1.42 bits per heavy atom. The van der Waals surface area contributed by atoms with Crippen molar-refractivity contribution in [1.82, 2.24) is 5.32 Å². The van der Waals surface area contributed by atoms with Crippen LogP contribution in [-0.4, -0.2) is 19.0 Å². The number of anilines is 1. The monoisotopic (exact) mass is 258 g/mol. The predicted octanol–water partition coefficient (Wildman–Crippen LogP) is 2.73. The van der Waals surface area contributed by atoms with Gasteiger partial charge in [-0.1, -0.05) is 32.0 Å². The van der Waals surface area contributed by atoms with E-state index in [-0.39, 0.29) is 5.92 Å². The van der Waals surface area contributed by atoms with Crippen LogP contribution in [0.25, 0.3) is 0 Å². The smallest absolute Gasteiger partial charge is 0.230 e. The predicted molar refractivity (Wildman–Crippen MR) is 77.1 cm³/mol. The Morgan fingerprint density at radius 3 is 2.84 bits per heavy atom. The molecule has 1 heterocycles. The summed E-state index contributed by atoms with van der Waals surface area (Å²) in [6.45, 7) is 6.11. The second kappa shape index (κ2) is 4.97. The van der Waals surface area contributed by atoms with Gasteiger partial charge in [-0.25, -0.2) is 0 Å². The quantitative estimate of drug-likeness (QED) is 0.904. The molecule has 1 fully saturated rings. The van der Waals surface area contributed by atoms with E-state index in [1.807, 2.05) is 11.0 Å². The third-order valence-electron chi connectivity index (χ3n) is 4.39. The highest BCUT2D eigenvalue weighted by atomic mass is 16.2. The van der Waals surface area contributed by atoms with Crippen molar-refractivity contribution in [2.45, 2.75) is 32.7 Å². The van der Waals surface area contributed by atoms with Gasteiger partial charge in [0.15, 0.2) is 0 Å². The lowest BCUT2D eigenvalue weighted by molar-refractivity contribution is -0.120. The molecule has 19 heavy (non-hydrogen) atoms. The van der Waals surface area contributed by atoms with E-state index in [0.717, 1.165) is 31.6 Å². The van der Waals surface area contributed by atoms with Crippen molar-refractivity contribution in [3.63, 3.8) is 0 Å². The van der Waals surface area contributed by atoms with E-state index in [0.29, 0.717) is 17.9 Å². The second-order valence-corrected chi connectivity index (χ2v) is 5.77. The molecule has 1 aliphatic heterocycles. The first-order valence-corrected chi connectivity index (χ1v) is 7.36. The summed E-state index contributed by atoms with van der Waals surface area (Å²) in [6.07, 6.45) is 2.08. The summed E-state index contributed by atoms with van der Waals surface area (Å²) in [6, 6.07) is 8.73. The number of benzene rings is 1. The number of hydrogen-bond acceptors (Lipinski definition) is 2. The van der Waals surface area contributed by atoms with Gasteiger partial charge in [0.2, 0.25) is 5.91 Å². The fraction of sp³-hybridized carbons (Fsp3) is 0.562. The molecule has 3 nitrogen and oxygen atoms in total. The van der Waals surface area contributed by atoms with Gasteiger partial charge in [-0.05, 0) is 36.9 Å².